The summed E-state index contributed by atoms with van der Waals surface area (Å²) in [6.07, 6.45) is 6.90. The fraction of sp³-hybridized carbons (Fsp3) is 0.200. The molecule has 1 aromatic heterocycles. The highest BCUT2D eigenvalue weighted by Crippen LogP contribution is 2.44. The Morgan fingerprint density at radius 1 is 0.553 bits per heavy atom. The van der Waals surface area contributed by atoms with Crippen LogP contribution in [0, 0.1) is 0 Å². The fourth-order valence-electron chi connectivity index (χ4n) is 7.56. The molecule has 0 bridgehead atoms. The zero-order valence-electron chi connectivity index (χ0n) is 27.0. The summed E-state index contributed by atoms with van der Waals surface area (Å²) in [5, 5.41) is 2.70. The third-order valence-electron chi connectivity index (χ3n) is 9.96. The molecule has 6 aromatic carbocycles. The molecule has 0 amide bonds. The summed E-state index contributed by atoms with van der Waals surface area (Å²) in [6.45, 7) is 2.32. The zero-order chi connectivity index (χ0) is 32.1. The van der Waals surface area contributed by atoms with Crippen LogP contribution < -0.4 is 0 Å². The Hall–Kier alpha value is -3.98. The van der Waals surface area contributed by atoms with Crippen LogP contribution in [-0.4, -0.2) is 0 Å². The van der Waals surface area contributed by atoms with E-state index < -0.39 is 0 Å². The van der Waals surface area contributed by atoms with E-state index in [1.165, 1.54) is 66.4 Å². The first-order valence-electron chi connectivity index (χ1n) is 17.0. The Kier molecular flexibility index (Phi) is 9.70. The van der Waals surface area contributed by atoms with Gasteiger partial charge in [0.05, 0.1) is 0 Å². The van der Waals surface area contributed by atoms with Gasteiger partial charge in [0.2, 0.25) is 0 Å². The summed E-state index contributed by atoms with van der Waals surface area (Å²) in [5.41, 5.74) is 8.20. The fourth-order valence-corrected chi connectivity index (χ4v) is 9.06. The van der Waals surface area contributed by atoms with Crippen molar-refractivity contribution in [2.24, 2.45) is 0 Å². The van der Waals surface area contributed by atoms with Gasteiger partial charge >= 0.3 is 0 Å². The average molecular weight is 694 g/mol. The second kappa shape index (κ2) is 14.4. The number of unbranched alkanes of at least 4 members (excludes halogenated alkanes) is 1. The summed E-state index contributed by atoms with van der Waals surface area (Å²) in [6, 6.07) is 56.6. The van der Waals surface area contributed by atoms with Gasteiger partial charge in [-0.2, -0.15) is 0 Å². The van der Waals surface area contributed by atoms with E-state index in [2.05, 4.69) is 175 Å². The van der Waals surface area contributed by atoms with Crippen molar-refractivity contribution in [2.75, 3.05) is 0 Å². The lowest BCUT2D eigenvalue weighted by Crippen LogP contribution is -2.28. The summed E-state index contributed by atoms with van der Waals surface area (Å²) in [4.78, 5) is 0. The number of thiophene rings is 1. The van der Waals surface area contributed by atoms with Gasteiger partial charge in [0, 0.05) is 36.0 Å². The molecule has 2 heteroatoms. The first-order chi connectivity index (χ1) is 23.1. The first kappa shape index (κ1) is 31.6. The molecular formula is C45H41BrS. The lowest BCUT2D eigenvalue weighted by molar-refractivity contribution is 0.398. The second-order valence-corrected chi connectivity index (χ2v) is 14.9. The van der Waals surface area contributed by atoms with Gasteiger partial charge in [-0.3, -0.25) is 0 Å². The molecule has 0 aliphatic rings. The molecule has 234 valence electrons. The lowest BCUT2D eigenvalue weighted by Gasteiger charge is -2.36. The zero-order valence-corrected chi connectivity index (χ0v) is 29.4. The smallest absolute Gasteiger partial charge is 0.0355 e. The van der Waals surface area contributed by atoms with Crippen molar-refractivity contribution in [3.05, 3.63) is 178 Å². The predicted molar refractivity (Wildman–Crippen MR) is 208 cm³/mol. The molecule has 0 fully saturated rings. The number of hydrogen-bond donors (Lipinski definition) is 0. The topological polar surface area (TPSA) is 0 Å². The van der Waals surface area contributed by atoms with E-state index in [0.717, 1.165) is 30.2 Å². The first-order valence-corrected chi connectivity index (χ1v) is 18.6. The van der Waals surface area contributed by atoms with Gasteiger partial charge in [0.15, 0.2) is 0 Å². The van der Waals surface area contributed by atoms with Crippen molar-refractivity contribution in [1.29, 1.82) is 0 Å². The van der Waals surface area contributed by atoms with E-state index in [0.29, 0.717) is 5.92 Å². The van der Waals surface area contributed by atoms with Crippen molar-refractivity contribution in [3.63, 3.8) is 0 Å². The van der Waals surface area contributed by atoms with E-state index in [4.69, 9.17) is 0 Å². The van der Waals surface area contributed by atoms with Gasteiger partial charge < -0.3 is 0 Å². The lowest BCUT2D eigenvalue weighted by atomic mass is 9.67. The number of hydrogen-bond acceptors (Lipinski definition) is 1. The summed E-state index contributed by atoms with van der Waals surface area (Å²) in [5.74, 6) is 0.300. The highest BCUT2D eigenvalue weighted by molar-refractivity contribution is 9.10. The van der Waals surface area contributed by atoms with Crippen LogP contribution in [0.1, 0.15) is 73.6 Å². The molecule has 0 aliphatic heterocycles. The molecule has 0 saturated carbocycles. The number of halogens is 1. The molecule has 0 aliphatic carbocycles. The molecule has 7 rings (SSSR count). The molecule has 0 radical (unpaired) electrons. The van der Waals surface area contributed by atoms with E-state index >= 15 is 0 Å². The molecule has 7 aromatic rings. The predicted octanol–water partition coefficient (Wildman–Crippen LogP) is 14.0. The van der Waals surface area contributed by atoms with E-state index in [9.17, 15) is 0 Å². The standard InChI is InChI=1S/C45H41BrS/c1-2-3-28-45(37-18-6-4-7-19-37,38-20-8-5-9-21-38)29-14-24-40(36-17-13-22-39(46)31-36)35-16-12-15-33(30-35)34-26-27-44-42(32-34)41-23-10-11-25-43(41)47-44/h4-13,15-23,25-27,30-32,40H,2-3,14,24,28-29H2,1H3. The van der Waals surface area contributed by atoms with Gasteiger partial charge in [-0.05, 0) is 83.0 Å². The van der Waals surface area contributed by atoms with Crippen molar-refractivity contribution < 1.29 is 0 Å². The average Bonchev–Trinajstić information content (AvgIpc) is 3.50. The summed E-state index contributed by atoms with van der Waals surface area (Å²) in [7, 11) is 0. The van der Waals surface area contributed by atoms with Crippen molar-refractivity contribution >= 4 is 47.4 Å². The summed E-state index contributed by atoms with van der Waals surface area (Å²) >= 11 is 5.66. The van der Waals surface area contributed by atoms with Crippen LogP contribution in [-0.2, 0) is 5.41 Å². The Balaban J connectivity index is 1.24. The van der Waals surface area contributed by atoms with Gasteiger partial charge in [-0.15, -0.1) is 11.3 Å². The molecule has 0 nitrogen and oxygen atoms in total. The van der Waals surface area contributed by atoms with Crippen LogP contribution in [0.4, 0.5) is 0 Å². The second-order valence-electron chi connectivity index (χ2n) is 12.9. The number of benzene rings is 6. The molecule has 1 heterocycles. The molecule has 1 atom stereocenters. The van der Waals surface area contributed by atoms with E-state index in [1.54, 1.807) is 0 Å². The SMILES string of the molecule is CCCCC(CCCC(c1cccc(Br)c1)c1cccc(-c2ccc3sc4ccccc4c3c2)c1)(c1ccccc1)c1ccccc1. The minimum Gasteiger partial charge on any atom is -0.135 e. The van der Waals surface area contributed by atoms with Crippen molar-refractivity contribution in [3.8, 4) is 11.1 Å². The Bertz CT molecular complexity index is 2040. The number of rotatable bonds is 12. The highest BCUT2D eigenvalue weighted by Gasteiger charge is 2.33. The van der Waals surface area contributed by atoms with Gasteiger partial charge in [-0.25, -0.2) is 0 Å². The molecular weight excluding hydrogens is 652 g/mol. The largest absolute Gasteiger partial charge is 0.135 e. The van der Waals surface area contributed by atoms with Crippen LogP contribution in [0.5, 0.6) is 0 Å². The molecule has 47 heavy (non-hydrogen) atoms. The van der Waals surface area contributed by atoms with Crippen LogP contribution in [0.2, 0.25) is 0 Å². The molecule has 0 saturated heterocycles. The molecule has 1 unspecified atom stereocenters. The summed E-state index contributed by atoms with van der Waals surface area (Å²) < 4.78 is 3.84. The van der Waals surface area contributed by atoms with Gasteiger partial charge in [0.25, 0.3) is 0 Å². The van der Waals surface area contributed by atoms with Crippen LogP contribution in [0.15, 0.2) is 156 Å². The minimum absolute atomic E-state index is 0.000912. The highest BCUT2D eigenvalue weighted by atomic mass is 79.9. The molecule has 0 N–H and O–H groups in total. The van der Waals surface area contributed by atoms with Crippen LogP contribution in [0.3, 0.4) is 0 Å². The Morgan fingerprint density at radius 2 is 1.17 bits per heavy atom. The Labute approximate surface area is 292 Å². The molecule has 0 spiro atoms. The third-order valence-corrected chi connectivity index (χ3v) is 11.6. The van der Waals surface area contributed by atoms with Crippen LogP contribution in [0.25, 0.3) is 31.3 Å². The van der Waals surface area contributed by atoms with Gasteiger partial charge in [0.1, 0.15) is 0 Å². The number of fused-ring (bicyclic) bond motifs is 3. The maximum atomic E-state index is 3.78. The third kappa shape index (κ3) is 6.73. The maximum Gasteiger partial charge on any atom is 0.0355 e. The monoisotopic (exact) mass is 692 g/mol. The van der Waals surface area contributed by atoms with E-state index in [1.807, 2.05) is 11.3 Å². The Morgan fingerprint density at radius 3 is 1.89 bits per heavy atom. The van der Waals surface area contributed by atoms with E-state index in [-0.39, 0.29) is 5.41 Å². The van der Waals surface area contributed by atoms with Gasteiger partial charge in [-0.1, -0.05) is 163 Å². The minimum atomic E-state index is 0.000912. The van der Waals surface area contributed by atoms with Crippen LogP contribution >= 0.6 is 27.3 Å². The van der Waals surface area contributed by atoms with Crippen molar-refractivity contribution in [2.45, 2.75) is 56.8 Å². The van der Waals surface area contributed by atoms with Crippen molar-refractivity contribution in [1.82, 2.24) is 0 Å². The maximum absolute atomic E-state index is 3.78. The normalized spacial score (nSPS) is 12.5. The quantitative estimate of drug-likeness (QED) is 0.120.